The average Bonchev–Trinajstić information content (AvgIpc) is 3.16. The molecule has 0 saturated carbocycles. The molecule has 1 fully saturated rings. The summed E-state index contributed by atoms with van der Waals surface area (Å²) in [7, 11) is -3.87. The first-order valence-corrected chi connectivity index (χ1v) is 11.9. The van der Waals surface area contributed by atoms with Gasteiger partial charge in [-0.2, -0.15) is 0 Å². The molecular weight excluding hydrogens is 432 g/mol. The van der Waals surface area contributed by atoms with Crippen LogP contribution >= 0.6 is 0 Å². The maximum absolute atomic E-state index is 12.6. The van der Waals surface area contributed by atoms with E-state index in [0.29, 0.717) is 18.8 Å². The molecule has 0 aliphatic carbocycles. The number of hydrogen-bond donors (Lipinski definition) is 1. The van der Waals surface area contributed by atoms with E-state index in [0.717, 1.165) is 30.4 Å². The van der Waals surface area contributed by atoms with Crippen molar-refractivity contribution in [1.29, 1.82) is 0 Å². The molecule has 3 aromatic rings. The number of benzene rings is 1. The zero-order chi connectivity index (χ0) is 23.1. The van der Waals surface area contributed by atoms with Crippen molar-refractivity contribution in [1.82, 2.24) is 19.3 Å². The first-order chi connectivity index (χ1) is 15.0. The van der Waals surface area contributed by atoms with E-state index in [-0.39, 0.29) is 16.5 Å². The second kappa shape index (κ2) is 8.14. The van der Waals surface area contributed by atoms with Crippen molar-refractivity contribution in [3.8, 4) is 0 Å². The van der Waals surface area contributed by atoms with Gasteiger partial charge in [0.1, 0.15) is 11.5 Å². The fourth-order valence-electron chi connectivity index (χ4n) is 4.06. The number of anilines is 1. The number of fused-ring (bicyclic) bond motifs is 1. The first kappa shape index (κ1) is 22.2. The number of pyridine rings is 1. The third-order valence-corrected chi connectivity index (χ3v) is 7.19. The van der Waals surface area contributed by atoms with Crippen molar-refractivity contribution < 1.29 is 13.3 Å². The quantitative estimate of drug-likeness (QED) is 0.460. The van der Waals surface area contributed by atoms with Crippen molar-refractivity contribution in [3.63, 3.8) is 0 Å². The molecule has 11 heteroatoms. The number of nitrogens with one attached hydrogen (secondary N) is 1. The fourth-order valence-corrected chi connectivity index (χ4v) is 5.50. The molecule has 170 valence electrons. The number of nitrogens with zero attached hydrogens (tertiary/aromatic N) is 5. The van der Waals surface area contributed by atoms with Gasteiger partial charge in [0.2, 0.25) is 10.0 Å². The molecule has 0 unspecified atom stereocenters. The topological polar surface area (TPSA) is 123 Å². The molecule has 0 amide bonds. The molecule has 32 heavy (non-hydrogen) atoms. The third-order valence-electron chi connectivity index (χ3n) is 5.44. The van der Waals surface area contributed by atoms with Crippen molar-refractivity contribution in [3.05, 3.63) is 58.5 Å². The van der Waals surface area contributed by atoms with Crippen LogP contribution in [0.1, 0.15) is 45.4 Å². The molecule has 1 aliphatic rings. The number of nitro benzene ring substituents is 1. The monoisotopic (exact) mass is 458 g/mol. The molecule has 0 spiro atoms. The van der Waals surface area contributed by atoms with Gasteiger partial charge < -0.3 is 4.90 Å². The number of piperidine rings is 1. The van der Waals surface area contributed by atoms with Crippen molar-refractivity contribution in [2.45, 2.75) is 50.0 Å². The van der Waals surface area contributed by atoms with Crippen LogP contribution in [-0.4, -0.2) is 46.6 Å². The average molecular weight is 459 g/mol. The lowest BCUT2D eigenvalue weighted by Gasteiger charge is -2.32. The van der Waals surface area contributed by atoms with Gasteiger partial charge >= 0.3 is 0 Å². The molecule has 0 atom stereocenters. The minimum Gasteiger partial charge on any atom is -0.366 e. The Morgan fingerprint density at radius 3 is 2.50 bits per heavy atom. The summed E-state index contributed by atoms with van der Waals surface area (Å²) in [5, 5.41) is 20.3. The fraction of sp³-hybridized carbons (Fsp3) is 0.429. The highest BCUT2D eigenvalue weighted by Crippen LogP contribution is 2.35. The van der Waals surface area contributed by atoms with Crippen molar-refractivity contribution in [2.75, 3.05) is 18.0 Å². The number of rotatable bonds is 5. The molecule has 0 radical (unpaired) electrons. The Kier molecular flexibility index (Phi) is 5.63. The first-order valence-electron chi connectivity index (χ1n) is 10.4. The standard InChI is InChI=1S/C21H26N6O4S/c1-21(2,3)24-32(30,31)16-7-8-17(18(14-16)27(28)29)25-12-9-15(10-13-25)20-23-22-19-6-4-5-11-26(19)20/h4-8,11,14-15,24H,9-10,12-13H2,1-3H3. The summed E-state index contributed by atoms with van der Waals surface area (Å²) < 4.78 is 29.8. The number of hydrogen-bond acceptors (Lipinski definition) is 7. The van der Waals surface area contributed by atoms with Crippen LogP contribution in [0.15, 0.2) is 47.5 Å². The lowest BCUT2D eigenvalue weighted by molar-refractivity contribution is -0.384. The predicted octanol–water partition coefficient (Wildman–Crippen LogP) is 3.10. The van der Waals surface area contributed by atoms with E-state index in [1.165, 1.54) is 12.1 Å². The summed E-state index contributed by atoms with van der Waals surface area (Å²) in [4.78, 5) is 13.1. The highest BCUT2D eigenvalue weighted by molar-refractivity contribution is 7.89. The molecule has 4 rings (SSSR count). The van der Waals surface area contributed by atoms with Gasteiger partial charge in [0, 0.05) is 36.8 Å². The second-order valence-electron chi connectivity index (χ2n) is 9.01. The van der Waals surface area contributed by atoms with E-state index in [1.807, 2.05) is 33.7 Å². The molecular formula is C21H26N6O4S. The van der Waals surface area contributed by atoms with Gasteiger partial charge in [-0.1, -0.05) is 6.07 Å². The summed E-state index contributed by atoms with van der Waals surface area (Å²) in [5.41, 5.74) is 0.309. The van der Waals surface area contributed by atoms with Gasteiger partial charge in [0.05, 0.1) is 9.82 Å². The van der Waals surface area contributed by atoms with Crippen LogP contribution in [0.25, 0.3) is 5.65 Å². The van der Waals surface area contributed by atoms with Gasteiger partial charge in [-0.05, 0) is 57.9 Å². The van der Waals surface area contributed by atoms with E-state index in [9.17, 15) is 18.5 Å². The van der Waals surface area contributed by atoms with Gasteiger partial charge in [-0.25, -0.2) is 13.1 Å². The Morgan fingerprint density at radius 2 is 1.84 bits per heavy atom. The minimum atomic E-state index is -3.87. The van der Waals surface area contributed by atoms with E-state index >= 15 is 0 Å². The predicted molar refractivity (Wildman–Crippen MR) is 120 cm³/mol. The number of aromatic nitrogens is 3. The Bertz CT molecular complexity index is 1260. The number of nitro groups is 1. The lowest BCUT2D eigenvalue weighted by atomic mass is 9.95. The molecule has 1 N–H and O–H groups in total. The molecule has 10 nitrogen and oxygen atoms in total. The molecule has 1 aliphatic heterocycles. The van der Waals surface area contributed by atoms with Crippen LogP contribution in [0.4, 0.5) is 11.4 Å². The zero-order valence-electron chi connectivity index (χ0n) is 18.2. The van der Waals surface area contributed by atoms with Crippen LogP contribution in [0, 0.1) is 10.1 Å². The summed E-state index contributed by atoms with van der Waals surface area (Å²) in [5.74, 6) is 1.09. The Balaban J connectivity index is 1.56. The van der Waals surface area contributed by atoms with E-state index < -0.39 is 20.5 Å². The lowest BCUT2D eigenvalue weighted by Crippen LogP contribution is -2.40. The minimum absolute atomic E-state index is 0.118. The maximum atomic E-state index is 12.6. The molecule has 2 aromatic heterocycles. The van der Waals surface area contributed by atoms with Crippen LogP contribution < -0.4 is 9.62 Å². The van der Waals surface area contributed by atoms with Crippen molar-refractivity contribution in [2.24, 2.45) is 0 Å². The third kappa shape index (κ3) is 4.44. The Labute approximate surface area is 186 Å². The molecule has 0 bridgehead atoms. The summed E-state index contributed by atoms with van der Waals surface area (Å²) in [6.45, 7) is 6.35. The largest absolute Gasteiger partial charge is 0.366 e. The van der Waals surface area contributed by atoms with Gasteiger partial charge in [0.15, 0.2) is 5.65 Å². The highest BCUT2D eigenvalue weighted by Gasteiger charge is 2.30. The smallest absolute Gasteiger partial charge is 0.293 e. The SMILES string of the molecule is CC(C)(C)NS(=O)(=O)c1ccc(N2CCC(c3nnc4ccccn34)CC2)c([N+](=O)[O-])c1. The van der Waals surface area contributed by atoms with Gasteiger partial charge in [-0.15, -0.1) is 10.2 Å². The second-order valence-corrected chi connectivity index (χ2v) is 10.7. The van der Waals surface area contributed by atoms with Crippen LogP contribution in [-0.2, 0) is 10.0 Å². The zero-order valence-corrected chi connectivity index (χ0v) is 19.0. The van der Waals surface area contributed by atoms with Crippen LogP contribution in [0.3, 0.4) is 0 Å². The molecule has 1 saturated heterocycles. The normalized spacial score (nSPS) is 15.9. The van der Waals surface area contributed by atoms with Crippen LogP contribution in [0.2, 0.25) is 0 Å². The van der Waals surface area contributed by atoms with E-state index in [2.05, 4.69) is 14.9 Å². The summed E-state index contributed by atoms with van der Waals surface area (Å²) >= 11 is 0. The molecule has 3 heterocycles. The maximum Gasteiger partial charge on any atom is 0.293 e. The van der Waals surface area contributed by atoms with Gasteiger partial charge in [0.25, 0.3) is 5.69 Å². The molecule has 1 aromatic carbocycles. The van der Waals surface area contributed by atoms with Gasteiger partial charge in [-0.3, -0.25) is 14.5 Å². The van der Waals surface area contributed by atoms with Crippen molar-refractivity contribution >= 4 is 27.0 Å². The summed E-state index contributed by atoms with van der Waals surface area (Å²) in [6, 6.07) is 9.84. The Hall–Kier alpha value is -3.05. The Morgan fingerprint density at radius 1 is 1.12 bits per heavy atom. The van der Waals surface area contributed by atoms with E-state index in [4.69, 9.17) is 0 Å². The van der Waals surface area contributed by atoms with E-state index in [1.54, 1.807) is 20.8 Å². The number of sulfonamides is 1. The highest BCUT2D eigenvalue weighted by atomic mass is 32.2. The summed E-state index contributed by atoms with van der Waals surface area (Å²) in [6.07, 6.45) is 3.46. The van der Waals surface area contributed by atoms with Crippen LogP contribution in [0.5, 0.6) is 0 Å².